The van der Waals surface area contributed by atoms with E-state index in [0.717, 1.165) is 22.3 Å². The van der Waals surface area contributed by atoms with Gasteiger partial charge in [-0.3, -0.25) is 0 Å². The van der Waals surface area contributed by atoms with Crippen LogP contribution < -0.4 is 0 Å². The average Bonchev–Trinajstić information content (AvgIpc) is 1.70. The Morgan fingerprint density at radius 2 is 0.618 bits per heavy atom. The fourth-order valence-electron chi connectivity index (χ4n) is 13.6. The Labute approximate surface area is 623 Å². The molecule has 0 aliphatic rings. The molecule has 6 aromatic heterocycles. The second-order valence-corrected chi connectivity index (χ2v) is 39.9. The summed E-state index contributed by atoms with van der Waals surface area (Å²) in [7, 11) is 0. The summed E-state index contributed by atoms with van der Waals surface area (Å²) in [6.07, 6.45) is 0. The van der Waals surface area contributed by atoms with Crippen LogP contribution in [-0.4, -0.2) is 29.0 Å². The molecule has 0 saturated heterocycles. The second kappa shape index (κ2) is 28.4. The summed E-state index contributed by atoms with van der Waals surface area (Å²) in [5, 5.41) is 16.2. The molecule has 0 bridgehead atoms. The number of hydrogen-bond acceptors (Lipinski definition) is 4. The smallest absolute Gasteiger partial charge is 0.139 e. The summed E-state index contributed by atoms with van der Waals surface area (Å²) in [6.45, 7) is 40.8. The minimum Gasteiger partial charge on any atom is -0.456 e. The Hall–Kier alpha value is -8.28. The van der Waals surface area contributed by atoms with Crippen LogP contribution in [0.3, 0.4) is 0 Å². The van der Waals surface area contributed by atoms with Crippen LogP contribution in [0, 0.1) is 0 Å². The Bertz CT molecular complexity index is 5410. The molecule has 0 spiro atoms. The Kier molecular flexibility index (Phi) is 20.1. The topological polar surface area (TPSA) is 26.3 Å². The summed E-state index contributed by atoms with van der Waals surface area (Å²) >= 11 is 4.78. The molecule has 0 aliphatic carbocycles. The van der Waals surface area contributed by atoms with Crippen LogP contribution in [0.4, 0.5) is 0 Å². The Balaban J connectivity index is 0.000000109. The minimum atomic E-state index is 0.105. The number of hydrogen-bond donors (Lipinski definition) is 0. The number of rotatable bonds is 0. The third-order valence-corrected chi connectivity index (χ3v) is 26.7. The van der Waals surface area contributed by atoms with E-state index in [1.54, 1.807) is 4.26 Å². The molecule has 12 aromatic carbocycles. The van der Waals surface area contributed by atoms with Gasteiger partial charge in [0.05, 0.1) is 0 Å². The van der Waals surface area contributed by atoms with Crippen molar-refractivity contribution in [2.45, 2.75) is 157 Å². The molecule has 0 saturated carbocycles. The molecule has 0 unspecified atom stereocenters. The molecule has 18 rings (SSSR count). The van der Waals surface area contributed by atoms with Gasteiger partial charge in [-0.1, -0.05) is 204 Å². The number of thiophene rings is 2. The summed E-state index contributed by atoms with van der Waals surface area (Å²) in [4.78, 5) is 0. The third kappa shape index (κ3) is 15.2. The van der Waals surface area contributed by atoms with Crippen molar-refractivity contribution in [2.75, 3.05) is 0 Å². The van der Waals surface area contributed by atoms with Gasteiger partial charge in [-0.2, -0.15) is 0 Å². The first-order chi connectivity index (χ1) is 48.4. The predicted octanol–water partition coefficient (Wildman–Crippen LogP) is 29.2. The second-order valence-electron chi connectivity index (χ2n) is 33.3. The SMILES string of the molecule is CC(C)(C)c1ccc2[se]c3ccccc3c2c1.CC(C)(C)c1ccc2oc3ccccc3c2c1.CC(C)(C)c1ccc2sc3ccccc3c2c1.CC(C)(C)c1cccc2c1[se]c1ccccc12.CC(C)(C)c1cccc2c1oc1ccccc12.CC(C)(C)c1cccc2c1sc1ccccc12. The van der Waals surface area contributed by atoms with E-state index >= 15 is 0 Å². The van der Waals surface area contributed by atoms with Crippen molar-refractivity contribution in [3.63, 3.8) is 0 Å². The van der Waals surface area contributed by atoms with E-state index in [0.29, 0.717) is 29.0 Å². The summed E-state index contributed by atoms with van der Waals surface area (Å²) in [5.74, 6) is 0. The molecule has 0 aliphatic heterocycles. The third-order valence-electron chi connectivity index (χ3n) is 19.4. The molecule has 0 atom stereocenters. The van der Waals surface area contributed by atoms with Gasteiger partial charge in [0, 0.05) is 67.5 Å². The van der Waals surface area contributed by atoms with Gasteiger partial charge < -0.3 is 8.83 Å². The molecule has 0 fully saturated rings. The normalized spacial score (nSPS) is 12.4. The first-order valence-corrected chi connectivity index (χ1v) is 40.9. The van der Waals surface area contributed by atoms with Gasteiger partial charge >= 0.3 is 216 Å². The van der Waals surface area contributed by atoms with Crippen molar-refractivity contribution >= 4 is 174 Å². The standard InChI is InChI=1S/2C16H16O.2C16H16S.2C16H16Se/c1-16(2,3)13-9-6-8-12-11-7-4-5-10-14(11)17-15(12)13;1-16(2,3)11-8-9-15-13(10-11)12-6-4-5-7-14(12)17-15;1-16(2,3)13-9-6-8-12-11-7-4-5-10-14(11)17-15(12)13;1-16(2,3)11-8-9-15-13(10-11)12-6-4-5-7-14(12)17-15;1-16(2,3)13-9-6-8-12-11-7-4-5-10-14(11)17-15(12)13;1-16(2,3)11-8-9-15-13(10-11)12-6-4-5-7-14(12)17-15/h6*4-10H,1-3H3. The minimum absolute atomic E-state index is 0.105. The van der Waals surface area contributed by atoms with Crippen molar-refractivity contribution in [1.82, 2.24) is 0 Å². The molecule has 0 radical (unpaired) electrons. The van der Waals surface area contributed by atoms with E-state index in [1.807, 2.05) is 46.9 Å². The van der Waals surface area contributed by atoms with Gasteiger partial charge in [-0.25, -0.2) is 0 Å². The molecule has 2 nitrogen and oxygen atoms in total. The summed E-state index contributed by atoms with van der Waals surface area (Å²) in [6, 6.07) is 91.7. The van der Waals surface area contributed by atoms with Crippen molar-refractivity contribution in [3.8, 4) is 0 Å². The van der Waals surface area contributed by atoms with Crippen molar-refractivity contribution < 1.29 is 8.83 Å². The molecule has 6 heterocycles. The first kappa shape index (κ1) is 72.1. The molecule has 0 N–H and O–H groups in total. The zero-order valence-electron chi connectivity index (χ0n) is 62.7. The van der Waals surface area contributed by atoms with E-state index in [2.05, 4.69) is 355 Å². The first-order valence-electron chi connectivity index (χ1n) is 35.9. The predicted molar refractivity (Wildman–Crippen MR) is 455 cm³/mol. The number of para-hydroxylation sites is 3. The van der Waals surface area contributed by atoms with E-state index < -0.39 is 0 Å². The summed E-state index contributed by atoms with van der Waals surface area (Å²) in [5.41, 5.74) is 13.6. The van der Waals surface area contributed by atoms with Crippen molar-refractivity contribution in [2.24, 2.45) is 0 Å². The molecule has 102 heavy (non-hydrogen) atoms. The van der Waals surface area contributed by atoms with E-state index in [4.69, 9.17) is 8.83 Å². The van der Waals surface area contributed by atoms with Crippen molar-refractivity contribution in [1.29, 1.82) is 0 Å². The van der Waals surface area contributed by atoms with Gasteiger partial charge in [0.1, 0.15) is 22.3 Å². The van der Waals surface area contributed by atoms with Crippen LogP contribution >= 0.6 is 22.7 Å². The van der Waals surface area contributed by atoms with Crippen LogP contribution in [0.25, 0.3) is 123 Å². The number of benzene rings is 12. The van der Waals surface area contributed by atoms with Crippen LogP contribution in [0.5, 0.6) is 0 Å². The maximum absolute atomic E-state index is 6.01. The van der Waals surface area contributed by atoms with Crippen LogP contribution in [0.15, 0.2) is 264 Å². The largest absolute Gasteiger partial charge is 0.456 e. The maximum atomic E-state index is 6.01. The maximum Gasteiger partial charge on any atom is 0.139 e. The van der Waals surface area contributed by atoms with Crippen LogP contribution in [-0.2, 0) is 32.5 Å². The molecule has 18 aromatic rings. The fraction of sp³-hybridized carbons (Fsp3) is 0.250. The van der Waals surface area contributed by atoms with Gasteiger partial charge in [-0.15, -0.1) is 22.7 Å². The molecule has 0 amide bonds. The van der Waals surface area contributed by atoms with Crippen LogP contribution in [0.1, 0.15) is 158 Å². The van der Waals surface area contributed by atoms with E-state index in [1.165, 1.54) is 130 Å². The van der Waals surface area contributed by atoms with Gasteiger partial charge in [-0.05, 0) is 86.9 Å². The zero-order chi connectivity index (χ0) is 72.3. The number of fused-ring (bicyclic) bond motifs is 18. The quantitative estimate of drug-likeness (QED) is 0.141. The average molecular weight is 1500 g/mol. The fourth-order valence-corrected chi connectivity index (χ4v) is 21.4. The van der Waals surface area contributed by atoms with E-state index in [-0.39, 0.29) is 32.5 Å². The van der Waals surface area contributed by atoms with Gasteiger partial charge in [0.2, 0.25) is 0 Å². The van der Waals surface area contributed by atoms with E-state index in [9.17, 15) is 0 Å². The Morgan fingerprint density at radius 3 is 1.21 bits per heavy atom. The monoisotopic (exact) mass is 1500 g/mol. The molecule has 6 heteroatoms. The molecular weight excluding hydrogens is 1410 g/mol. The Morgan fingerprint density at radius 1 is 0.235 bits per heavy atom. The van der Waals surface area contributed by atoms with Crippen LogP contribution in [0.2, 0.25) is 0 Å². The summed E-state index contributed by atoms with van der Waals surface area (Å²) < 4.78 is 23.6. The molecular formula is C96H96O2S2Se2. The molecule has 516 valence electrons. The zero-order valence-corrected chi connectivity index (χ0v) is 67.8. The van der Waals surface area contributed by atoms with Crippen molar-refractivity contribution in [3.05, 3.63) is 288 Å². The van der Waals surface area contributed by atoms with Gasteiger partial charge in [0.15, 0.2) is 0 Å². The number of furan rings is 2. The van der Waals surface area contributed by atoms with Gasteiger partial charge in [0.25, 0.3) is 0 Å².